The van der Waals surface area contributed by atoms with Gasteiger partial charge in [0.2, 0.25) is 0 Å². The molecule has 0 spiro atoms. The molecule has 2 aliphatic rings. The lowest BCUT2D eigenvalue weighted by molar-refractivity contribution is 0.623. The highest BCUT2D eigenvalue weighted by Crippen LogP contribution is 2.39. The van der Waals surface area contributed by atoms with Crippen molar-refractivity contribution in [1.29, 1.82) is 0 Å². The van der Waals surface area contributed by atoms with Gasteiger partial charge in [-0.25, -0.2) is 19.3 Å². The predicted octanol–water partition coefficient (Wildman–Crippen LogP) is 8.33. The molecule has 0 bridgehead atoms. The van der Waals surface area contributed by atoms with Gasteiger partial charge in [0.25, 0.3) is 0 Å². The maximum absolute atomic E-state index is 14.4. The third-order valence-electron chi connectivity index (χ3n) is 7.72. The van der Waals surface area contributed by atoms with Crippen molar-refractivity contribution in [1.82, 2.24) is 15.0 Å². The second-order valence-electron chi connectivity index (χ2n) is 10.5. The first kappa shape index (κ1) is 26.5. The highest BCUT2D eigenvalue weighted by Gasteiger charge is 2.24. The first-order valence-corrected chi connectivity index (χ1v) is 14.6. The molecule has 1 saturated carbocycles. The van der Waals surface area contributed by atoms with E-state index in [1.165, 1.54) is 47.4 Å². The van der Waals surface area contributed by atoms with E-state index in [0.29, 0.717) is 5.92 Å². The van der Waals surface area contributed by atoms with E-state index in [2.05, 4.69) is 53.4 Å². The van der Waals surface area contributed by atoms with Crippen molar-refractivity contribution < 1.29 is 4.39 Å². The van der Waals surface area contributed by atoms with Crippen molar-refractivity contribution in [2.24, 2.45) is 5.92 Å². The summed E-state index contributed by atoms with van der Waals surface area (Å²) in [5.41, 5.74) is 8.99. The van der Waals surface area contributed by atoms with E-state index >= 15 is 0 Å². The van der Waals surface area contributed by atoms with Crippen LogP contribution in [0, 0.1) is 25.6 Å². The minimum atomic E-state index is -0.151. The molecule has 38 heavy (non-hydrogen) atoms. The molecule has 0 aliphatic heterocycles. The Labute approximate surface area is 229 Å². The van der Waals surface area contributed by atoms with Crippen LogP contribution < -0.4 is 5.32 Å². The number of halogens is 1. The number of nitrogens with zero attached hydrogens (tertiary/aromatic N) is 3. The van der Waals surface area contributed by atoms with E-state index in [1.54, 1.807) is 29.8 Å². The summed E-state index contributed by atoms with van der Waals surface area (Å²) >= 11 is 1.72. The number of hydrogen-bond acceptors (Lipinski definition) is 5. The number of aryl methyl sites for hydroxylation is 4. The van der Waals surface area contributed by atoms with Gasteiger partial charge in [0.05, 0.1) is 22.1 Å². The number of aromatic nitrogens is 3. The van der Waals surface area contributed by atoms with Crippen molar-refractivity contribution >= 4 is 22.6 Å². The van der Waals surface area contributed by atoms with Gasteiger partial charge in [-0.05, 0) is 107 Å². The predicted molar refractivity (Wildman–Crippen MR) is 156 cm³/mol. The van der Waals surface area contributed by atoms with E-state index < -0.39 is 0 Å². The van der Waals surface area contributed by atoms with Gasteiger partial charge >= 0.3 is 0 Å². The van der Waals surface area contributed by atoms with Crippen LogP contribution in [0.15, 0.2) is 60.2 Å². The molecule has 0 saturated heterocycles. The summed E-state index contributed by atoms with van der Waals surface area (Å²) in [4.78, 5) is 14.8. The standard InChI is InChI=1S/C32H37FN4S/c1-4-30(26-7-5-6-8-26)32-31(21(2)35-20-36-32)37-28-12-9-23(10-13-28)15-25-16-24(17-27(33)18-25)11-14-29-19-34-22(3)38-29/h4,9,12,16-20,26,37H,5-8,10-11,13-15H2,1-3H3. The van der Waals surface area contributed by atoms with Crippen molar-refractivity contribution in [3.8, 4) is 0 Å². The van der Waals surface area contributed by atoms with E-state index in [9.17, 15) is 4.39 Å². The van der Waals surface area contributed by atoms with Gasteiger partial charge in [-0.2, -0.15) is 0 Å². The molecule has 2 aromatic heterocycles. The number of nitrogens with one attached hydrogen (secondary N) is 1. The van der Waals surface area contributed by atoms with E-state index in [0.717, 1.165) is 65.3 Å². The molecule has 198 valence electrons. The molecule has 2 heterocycles. The molecule has 3 aromatic rings. The quantitative estimate of drug-likeness (QED) is 0.303. The van der Waals surface area contributed by atoms with Crippen LogP contribution in [0.2, 0.25) is 0 Å². The lowest BCUT2D eigenvalue weighted by atomic mass is 9.92. The molecule has 0 amide bonds. The molecule has 2 aliphatic carbocycles. The van der Waals surface area contributed by atoms with Crippen molar-refractivity contribution in [3.63, 3.8) is 0 Å². The summed E-state index contributed by atoms with van der Waals surface area (Å²) < 4.78 is 14.4. The highest BCUT2D eigenvalue weighted by atomic mass is 32.1. The Hall–Kier alpha value is -3.12. The van der Waals surface area contributed by atoms with Gasteiger partial charge in [-0.15, -0.1) is 11.3 Å². The average Bonchev–Trinajstić information content (AvgIpc) is 3.58. The van der Waals surface area contributed by atoms with Crippen molar-refractivity contribution in [3.05, 3.63) is 98.4 Å². The Bertz CT molecular complexity index is 1380. The lowest BCUT2D eigenvalue weighted by Crippen LogP contribution is -2.11. The van der Waals surface area contributed by atoms with Crippen molar-refractivity contribution in [2.75, 3.05) is 5.32 Å². The monoisotopic (exact) mass is 528 g/mol. The minimum absolute atomic E-state index is 0.151. The molecule has 6 heteroatoms. The normalized spacial score (nSPS) is 16.5. The van der Waals surface area contributed by atoms with Crippen LogP contribution in [0.25, 0.3) is 5.57 Å². The van der Waals surface area contributed by atoms with Crippen LogP contribution >= 0.6 is 11.3 Å². The summed E-state index contributed by atoms with van der Waals surface area (Å²) in [6.45, 7) is 6.20. The molecule has 0 radical (unpaired) electrons. The molecular weight excluding hydrogens is 491 g/mol. The first-order valence-electron chi connectivity index (χ1n) is 13.8. The summed E-state index contributed by atoms with van der Waals surface area (Å²) in [6, 6.07) is 5.51. The minimum Gasteiger partial charge on any atom is -0.356 e. The van der Waals surface area contributed by atoms with E-state index in [-0.39, 0.29) is 5.82 Å². The average molecular weight is 529 g/mol. The second-order valence-corrected chi connectivity index (χ2v) is 11.9. The molecule has 0 atom stereocenters. The molecule has 5 rings (SSSR count). The molecule has 1 fully saturated rings. The Morgan fingerprint density at radius 1 is 1.03 bits per heavy atom. The van der Waals surface area contributed by atoms with Crippen LogP contribution in [-0.2, 0) is 19.3 Å². The Balaban J connectivity index is 1.27. The fourth-order valence-corrected chi connectivity index (χ4v) is 6.55. The van der Waals surface area contributed by atoms with E-state index in [4.69, 9.17) is 4.98 Å². The Kier molecular flexibility index (Phi) is 8.48. The fourth-order valence-electron chi connectivity index (χ4n) is 5.75. The number of rotatable bonds is 9. The van der Waals surface area contributed by atoms with Crippen LogP contribution in [0.3, 0.4) is 0 Å². The van der Waals surface area contributed by atoms with Gasteiger partial charge in [0.1, 0.15) is 12.1 Å². The zero-order valence-corrected chi connectivity index (χ0v) is 23.5. The zero-order chi connectivity index (χ0) is 26.5. The Morgan fingerprint density at radius 3 is 2.55 bits per heavy atom. The van der Waals surface area contributed by atoms with Crippen molar-refractivity contribution in [2.45, 2.75) is 78.6 Å². The van der Waals surface area contributed by atoms with Gasteiger partial charge in [0, 0.05) is 16.8 Å². The smallest absolute Gasteiger partial charge is 0.123 e. The Morgan fingerprint density at radius 2 is 1.84 bits per heavy atom. The van der Waals surface area contributed by atoms with Crippen LogP contribution in [0.5, 0.6) is 0 Å². The topological polar surface area (TPSA) is 50.7 Å². The third kappa shape index (κ3) is 6.47. The highest BCUT2D eigenvalue weighted by molar-refractivity contribution is 7.11. The van der Waals surface area contributed by atoms with Crippen LogP contribution in [-0.4, -0.2) is 15.0 Å². The van der Waals surface area contributed by atoms with Crippen LogP contribution in [0.4, 0.5) is 10.1 Å². The summed E-state index contributed by atoms with van der Waals surface area (Å²) in [7, 11) is 0. The largest absolute Gasteiger partial charge is 0.356 e. The van der Waals surface area contributed by atoms with Gasteiger partial charge in [-0.1, -0.05) is 36.6 Å². The third-order valence-corrected chi connectivity index (χ3v) is 8.69. The SMILES string of the molecule is CC=C(c1ncnc(C)c1NC1=CC=C(Cc2cc(F)cc(CCc3cnc(C)s3)c2)CC1)C1CCCC1. The fraction of sp³-hybridized carbons (Fsp3) is 0.406. The maximum atomic E-state index is 14.4. The van der Waals surface area contributed by atoms with Gasteiger partial charge in [-0.3, -0.25) is 0 Å². The number of thiazole rings is 1. The van der Waals surface area contributed by atoms with Gasteiger partial charge in [0.15, 0.2) is 0 Å². The summed E-state index contributed by atoms with van der Waals surface area (Å²) in [6.07, 6.45) is 19.7. The number of benzene rings is 1. The number of allylic oxidation sites excluding steroid dienone is 6. The maximum Gasteiger partial charge on any atom is 0.123 e. The molecular formula is C32H37FN4S. The number of hydrogen-bond donors (Lipinski definition) is 1. The summed E-state index contributed by atoms with van der Waals surface area (Å²) in [5.74, 6) is 0.436. The lowest BCUT2D eigenvalue weighted by Gasteiger charge is -2.22. The second kappa shape index (κ2) is 12.2. The molecule has 1 N–H and O–H groups in total. The zero-order valence-electron chi connectivity index (χ0n) is 22.7. The van der Waals surface area contributed by atoms with Crippen LogP contribution in [0.1, 0.15) is 77.8 Å². The molecule has 4 nitrogen and oxygen atoms in total. The number of anilines is 1. The van der Waals surface area contributed by atoms with E-state index in [1.807, 2.05) is 13.1 Å². The molecule has 1 aromatic carbocycles. The summed E-state index contributed by atoms with van der Waals surface area (Å²) in [5, 5.41) is 4.76. The molecule has 0 unspecified atom stereocenters. The first-order chi connectivity index (χ1) is 18.5. The van der Waals surface area contributed by atoms with Gasteiger partial charge < -0.3 is 5.32 Å².